The van der Waals surface area contributed by atoms with Gasteiger partial charge in [-0.2, -0.15) is 17.2 Å². The molecular formula is C10H9F3O4S. The minimum Gasteiger partial charge on any atom is -0.455 e. The first-order valence-corrected chi connectivity index (χ1v) is 6.08. The van der Waals surface area contributed by atoms with Gasteiger partial charge in [0.2, 0.25) is 0 Å². The van der Waals surface area contributed by atoms with Crippen LogP contribution in [0.15, 0.2) is 24.3 Å². The molecule has 0 spiro atoms. The molecule has 0 aliphatic heterocycles. The second kappa shape index (κ2) is 4.97. The van der Waals surface area contributed by atoms with Gasteiger partial charge in [-0.3, -0.25) is 0 Å². The van der Waals surface area contributed by atoms with E-state index in [9.17, 15) is 25.9 Å². The minimum absolute atomic E-state index is 0.385. The van der Waals surface area contributed by atoms with Crippen LogP contribution < -0.4 is 0 Å². The third kappa shape index (κ3) is 3.22. The molecule has 0 saturated carbocycles. The molecule has 0 radical (unpaired) electrons. The van der Waals surface area contributed by atoms with Crippen LogP contribution in [-0.4, -0.2) is 19.6 Å². The van der Waals surface area contributed by atoms with Crippen molar-refractivity contribution in [3.63, 3.8) is 0 Å². The average molecular weight is 282 g/mol. The van der Waals surface area contributed by atoms with Gasteiger partial charge in [-0.25, -0.2) is 4.79 Å². The molecule has 100 valence electrons. The van der Waals surface area contributed by atoms with Crippen molar-refractivity contribution in [2.24, 2.45) is 0 Å². The Labute approximate surface area is 102 Å². The van der Waals surface area contributed by atoms with Crippen LogP contribution in [0.25, 0.3) is 0 Å². The Morgan fingerprint density at radius 1 is 1.39 bits per heavy atom. The van der Waals surface area contributed by atoms with Gasteiger partial charge in [0.05, 0.1) is 0 Å². The van der Waals surface area contributed by atoms with Gasteiger partial charge in [-0.15, -0.1) is 0 Å². The van der Waals surface area contributed by atoms with E-state index in [1.165, 1.54) is 6.07 Å². The Kier molecular flexibility index (Phi) is 4.00. The summed E-state index contributed by atoms with van der Waals surface area (Å²) >= 11 is 0. The molecule has 8 heteroatoms. The van der Waals surface area contributed by atoms with Gasteiger partial charge >= 0.3 is 21.4 Å². The summed E-state index contributed by atoms with van der Waals surface area (Å²) in [6.45, 7) is 1.16. The van der Waals surface area contributed by atoms with Crippen LogP contribution >= 0.6 is 0 Å². The first-order chi connectivity index (χ1) is 8.14. The molecule has 18 heavy (non-hydrogen) atoms. The molecule has 0 atom stereocenters. The first-order valence-electron chi connectivity index (χ1n) is 4.69. The van der Waals surface area contributed by atoms with Gasteiger partial charge in [-0.1, -0.05) is 33.7 Å². The molecule has 0 unspecified atom stereocenters. The summed E-state index contributed by atoms with van der Waals surface area (Å²) in [7, 11) is -6.32. The number of ether oxygens (including phenoxy) is 1. The zero-order valence-electron chi connectivity index (χ0n) is 9.19. The molecule has 0 saturated heterocycles. The summed E-state index contributed by atoms with van der Waals surface area (Å²) in [6, 6.07) is 6.37. The number of carbonyl (C=O) groups is 1. The van der Waals surface area contributed by atoms with E-state index in [-0.39, 0.29) is 0 Å². The number of rotatable bonds is 4. The summed E-state index contributed by atoms with van der Waals surface area (Å²) in [6.07, 6.45) is 0. The van der Waals surface area contributed by atoms with Gasteiger partial charge in [-0.05, 0) is 12.5 Å². The highest BCUT2D eigenvalue weighted by Crippen LogP contribution is 2.25. The summed E-state index contributed by atoms with van der Waals surface area (Å²) in [5, 5.41) is -5.18. The number of hydrogen-bond donors (Lipinski definition) is 0. The molecule has 1 aromatic carbocycles. The number of benzene rings is 1. The van der Waals surface area contributed by atoms with Crippen LogP contribution in [0, 0.1) is 6.92 Å². The largest absolute Gasteiger partial charge is 0.470 e. The lowest BCUT2D eigenvalue weighted by molar-refractivity contribution is -0.162. The lowest BCUT2D eigenvalue weighted by Gasteiger charge is -2.11. The number of aryl methyl sites for hydroxylation is 1. The second-order valence-corrected chi connectivity index (χ2v) is 4.91. The molecule has 0 aromatic heterocycles. The smallest absolute Gasteiger partial charge is 0.455 e. The van der Waals surface area contributed by atoms with E-state index in [4.69, 9.17) is 0 Å². The van der Waals surface area contributed by atoms with E-state index >= 15 is 0 Å². The third-order valence-electron chi connectivity index (χ3n) is 2.00. The molecule has 0 heterocycles. The number of esters is 1. The van der Waals surface area contributed by atoms with Gasteiger partial charge in [0.15, 0.2) is 0 Å². The number of alkyl halides is 2. The van der Waals surface area contributed by atoms with Crippen molar-refractivity contribution in [3.05, 3.63) is 35.4 Å². The van der Waals surface area contributed by atoms with E-state index in [1.54, 1.807) is 25.1 Å². The Bertz CT molecular complexity index is 554. The van der Waals surface area contributed by atoms with Crippen LogP contribution in [0.4, 0.5) is 12.7 Å². The van der Waals surface area contributed by atoms with Crippen LogP contribution in [0.5, 0.6) is 0 Å². The highest BCUT2D eigenvalue weighted by atomic mass is 32.3. The molecule has 0 N–H and O–H groups in total. The highest BCUT2D eigenvalue weighted by molar-refractivity contribution is 7.88. The second-order valence-electron chi connectivity index (χ2n) is 3.52. The Morgan fingerprint density at radius 3 is 2.50 bits per heavy atom. The van der Waals surface area contributed by atoms with Crippen molar-refractivity contribution < 1.29 is 30.6 Å². The fourth-order valence-corrected chi connectivity index (χ4v) is 1.39. The predicted octanol–water partition coefficient (Wildman–Crippen LogP) is 1.93. The van der Waals surface area contributed by atoms with Crippen molar-refractivity contribution in [2.45, 2.75) is 18.8 Å². The van der Waals surface area contributed by atoms with Gasteiger partial charge in [0.1, 0.15) is 6.61 Å². The quantitative estimate of drug-likeness (QED) is 0.625. The van der Waals surface area contributed by atoms with Crippen molar-refractivity contribution in [2.75, 3.05) is 0 Å². The fraction of sp³-hybridized carbons (Fsp3) is 0.300. The summed E-state index contributed by atoms with van der Waals surface area (Å²) < 4.78 is 61.6. The van der Waals surface area contributed by atoms with E-state index in [1.807, 2.05) is 0 Å². The SMILES string of the molecule is Cc1cccc(COC(=O)C(F)(F)S(=O)(=O)F)c1. The average Bonchev–Trinajstić information content (AvgIpc) is 2.24. The Balaban J connectivity index is 2.73. The van der Waals surface area contributed by atoms with Crippen molar-refractivity contribution in [1.29, 1.82) is 0 Å². The molecule has 0 amide bonds. The molecule has 0 aliphatic rings. The van der Waals surface area contributed by atoms with Crippen LogP contribution in [0.2, 0.25) is 0 Å². The topological polar surface area (TPSA) is 60.4 Å². The maximum absolute atomic E-state index is 12.7. The molecule has 4 nitrogen and oxygen atoms in total. The molecule has 0 bridgehead atoms. The van der Waals surface area contributed by atoms with E-state index in [0.29, 0.717) is 5.56 Å². The normalized spacial score (nSPS) is 12.2. The molecule has 1 rings (SSSR count). The van der Waals surface area contributed by atoms with Crippen molar-refractivity contribution in [3.8, 4) is 0 Å². The van der Waals surface area contributed by atoms with Crippen molar-refractivity contribution >= 4 is 16.2 Å². The maximum atomic E-state index is 12.7. The van der Waals surface area contributed by atoms with Crippen LogP contribution in [0.1, 0.15) is 11.1 Å². The number of hydrogen-bond acceptors (Lipinski definition) is 4. The zero-order valence-corrected chi connectivity index (χ0v) is 10.0. The minimum atomic E-state index is -6.32. The first kappa shape index (κ1) is 14.5. The summed E-state index contributed by atoms with van der Waals surface area (Å²) in [4.78, 5) is 10.8. The summed E-state index contributed by atoms with van der Waals surface area (Å²) in [5.74, 6) is -2.44. The highest BCUT2D eigenvalue weighted by Gasteiger charge is 2.55. The van der Waals surface area contributed by atoms with Crippen LogP contribution in [0.3, 0.4) is 0 Å². The van der Waals surface area contributed by atoms with Crippen molar-refractivity contribution in [1.82, 2.24) is 0 Å². The van der Waals surface area contributed by atoms with Gasteiger partial charge in [0, 0.05) is 0 Å². The van der Waals surface area contributed by atoms with Gasteiger partial charge < -0.3 is 4.74 Å². The Hall–Kier alpha value is -1.57. The molecule has 1 aromatic rings. The molecular weight excluding hydrogens is 273 g/mol. The maximum Gasteiger partial charge on any atom is 0.470 e. The fourth-order valence-electron chi connectivity index (χ4n) is 1.13. The monoisotopic (exact) mass is 282 g/mol. The molecule has 0 aliphatic carbocycles. The number of halogens is 3. The van der Waals surface area contributed by atoms with Gasteiger partial charge in [0.25, 0.3) is 0 Å². The summed E-state index contributed by atoms with van der Waals surface area (Å²) in [5.41, 5.74) is 1.18. The zero-order chi connectivity index (χ0) is 14.0. The molecule has 0 fully saturated rings. The number of carbonyl (C=O) groups excluding carboxylic acids is 1. The Morgan fingerprint density at radius 2 is 2.00 bits per heavy atom. The predicted molar refractivity (Wildman–Crippen MR) is 55.9 cm³/mol. The lowest BCUT2D eigenvalue weighted by Crippen LogP contribution is -2.36. The van der Waals surface area contributed by atoms with Crippen LogP contribution in [-0.2, 0) is 26.4 Å². The standard InChI is InChI=1S/C10H9F3O4S/c1-7-3-2-4-8(5-7)6-17-9(14)10(11,12)18(13,15)16/h2-5H,6H2,1H3. The van der Waals surface area contributed by atoms with E-state index in [0.717, 1.165) is 5.56 Å². The lowest BCUT2D eigenvalue weighted by atomic mass is 10.1. The van der Waals surface area contributed by atoms with E-state index < -0.39 is 28.1 Å². The van der Waals surface area contributed by atoms with E-state index in [2.05, 4.69) is 4.74 Å². The third-order valence-corrected chi connectivity index (χ3v) is 2.78.